The van der Waals surface area contributed by atoms with Crippen molar-refractivity contribution in [3.8, 4) is 11.5 Å². The summed E-state index contributed by atoms with van der Waals surface area (Å²) < 4.78 is 9.64. The summed E-state index contributed by atoms with van der Waals surface area (Å²) in [5, 5.41) is 19.4. The van der Waals surface area contributed by atoms with Crippen LogP contribution < -0.4 is 5.63 Å². The van der Waals surface area contributed by atoms with Crippen LogP contribution in [0.25, 0.3) is 11.0 Å². The summed E-state index contributed by atoms with van der Waals surface area (Å²) in [5.41, 5.74) is -0.487. The van der Waals surface area contributed by atoms with Crippen LogP contribution in [0, 0.1) is 0 Å². The summed E-state index contributed by atoms with van der Waals surface area (Å²) in [6, 6.07) is 3.88. The summed E-state index contributed by atoms with van der Waals surface area (Å²) in [7, 11) is 0. The topological polar surface area (TPSA) is 97.0 Å². The number of benzene rings is 1. The zero-order valence-electron chi connectivity index (χ0n) is 10.2. The van der Waals surface area contributed by atoms with Gasteiger partial charge in [0.25, 0.3) is 0 Å². The molecule has 6 heteroatoms. The third-order valence-corrected chi connectivity index (χ3v) is 2.59. The van der Waals surface area contributed by atoms with Gasteiger partial charge < -0.3 is 19.4 Å². The first-order valence-electron chi connectivity index (χ1n) is 5.66. The molecule has 2 aromatic rings. The molecule has 0 unspecified atom stereocenters. The molecule has 0 radical (unpaired) electrons. The summed E-state index contributed by atoms with van der Waals surface area (Å²) in [6.45, 7) is 1.92. The van der Waals surface area contributed by atoms with Gasteiger partial charge in [0.05, 0.1) is 13.0 Å². The quantitative estimate of drug-likeness (QED) is 0.493. The first-order chi connectivity index (χ1) is 9.02. The third-order valence-electron chi connectivity index (χ3n) is 2.59. The van der Waals surface area contributed by atoms with E-state index in [0.29, 0.717) is 10.9 Å². The van der Waals surface area contributed by atoms with Crippen LogP contribution >= 0.6 is 0 Å². The molecule has 0 fully saturated rings. The van der Waals surface area contributed by atoms with Gasteiger partial charge in [0, 0.05) is 11.5 Å². The lowest BCUT2D eigenvalue weighted by Crippen LogP contribution is -2.10. The molecule has 0 aliphatic heterocycles. The van der Waals surface area contributed by atoms with E-state index in [0.717, 1.165) is 6.07 Å². The number of esters is 1. The molecule has 1 aromatic carbocycles. The molecular weight excluding hydrogens is 252 g/mol. The Balaban J connectivity index is 2.58. The van der Waals surface area contributed by atoms with E-state index in [2.05, 4.69) is 0 Å². The third kappa shape index (κ3) is 2.52. The molecule has 0 saturated carbocycles. The van der Waals surface area contributed by atoms with Gasteiger partial charge in [-0.1, -0.05) is 0 Å². The molecule has 0 bridgehead atoms. The fourth-order valence-electron chi connectivity index (χ4n) is 1.78. The lowest BCUT2D eigenvalue weighted by atomic mass is 10.1. The van der Waals surface area contributed by atoms with Crippen molar-refractivity contribution in [2.75, 3.05) is 6.61 Å². The number of ether oxygens (including phenoxy) is 1. The van der Waals surface area contributed by atoms with E-state index in [-0.39, 0.29) is 18.6 Å². The maximum absolute atomic E-state index is 11.5. The average Bonchev–Trinajstić information content (AvgIpc) is 2.34. The zero-order chi connectivity index (χ0) is 14.0. The minimum Gasteiger partial charge on any atom is -0.504 e. The highest BCUT2D eigenvalue weighted by Crippen LogP contribution is 2.34. The molecule has 0 atom stereocenters. The van der Waals surface area contributed by atoms with Gasteiger partial charge in [-0.15, -0.1) is 0 Å². The average molecular weight is 264 g/mol. The smallest absolute Gasteiger partial charge is 0.336 e. The van der Waals surface area contributed by atoms with Crippen LogP contribution in [0.4, 0.5) is 0 Å². The van der Waals surface area contributed by atoms with E-state index in [1.54, 1.807) is 6.92 Å². The Labute approximate surface area is 107 Å². The normalized spacial score (nSPS) is 10.6. The van der Waals surface area contributed by atoms with Crippen molar-refractivity contribution >= 4 is 16.9 Å². The maximum Gasteiger partial charge on any atom is 0.336 e. The first-order valence-corrected chi connectivity index (χ1v) is 5.66. The number of phenols is 2. The van der Waals surface area contributed by atoms with Crippen LogP contribution in [0.2, 0.25) is 0 Å². The Bertz CT molecular complexity index is 685. The summed E-state index contributed by atoms with van der Waals surface area (Å²) in [5.74, 6) is -1.41. The second kappa shape index (κ2) is 5.01. The fourth-order valence-corrected chi connectivity index (χ4v) is 1.78. The van der Waals surface area contributed by atoms with Crippen LogP contribution in [-0.2, 0) is 16.0 Å². The molecule has 1 heterocycles. The molecule has 19 heavy (non-hydrogen) atoms. The highest BCUT2D eigenvalue weighted by atomic mass is 16.5. The van der Waals surface area contributed by atoms with Crippen LogP contribution in [-0.4, -0.2) is 22.8 Å². The monoisotopic (exact) mass is 264 g/mol. The number of aromatic hydroxyl groups is 2. The van der Waals surface area contributed by atoms with E-state index < -0.39 is 23.1 Å². The van der Waals surface area contributed by atoms with Crippen molar-refractivity contribution in [1.82, 2.24) is 0 Å². The van der Waals surface area contributed by atoms with Crippen LogP contribution in [0.1, 0.15) is 12.5 Å². The largest absolute Gasteiger partial charge is 0.504 e. The molecule has 0 spiro atoms. The minimum absolute atomic E-state index is 0.111. The maximum atomic E-state index is 11.5. The van der Waals surface area contributed by atoms with E-state index in [1.165, 1.54) is 12.1 Å². The summed E-state index contributed by atoms with van der Waals surface area (Å²) >= 11 is 0. The summed E-state index contributed by atoms with van der Waals surface area (Å²) in [4.78, 5) is 22.8. The van der Waals surface area contributed by atoms with Gasteiger partial charge in [0.1, 0.15) is 0 Å². The van der Waals surface area contributed by atoms with E-state index >= 15 is 0 Å². The molecule has 0 aliphatic carbocycles. The van der Waals surface area contributed by atoms with E-state index in [1.807, 2.05) is 0 Å². The number of hydrogen-bond donors (Lipinski definition) is 2. The molecular formula is C13H12O6. The van der Waals surface area contributed by atoms with Crippen molar-refractivity contribution in [3.05, 3.63) is 34.2 Å². The number of rotatable bonds is 3. The highest BCUT2D eigenvalue weighted by molar-refractivity contribution is 5.90. The van der Waals surface area contributed by atoms with E-state index in [9.17, 15) is 19.8 Å². The van der Waals surface area contributed by atoms with E-state index in [4.69, 9.17) is 9.15 Å². The van der Waals surface area contributed by atoms with Crippen molar-refractivity contribution in [2.45, 2.75) is 13.3 Å². The van der Waals surface area contributed by atoms with Gasteiger partial charge in [-0.25, -0.2) is 4.79 Å². The van der Waals surface area contributed by atoms with Gasteiger partial charge in [-0.2, -0.15) is 0 Å². The summed E-state index contributed by atoms with van der Waals surface area (Å²) in [6.07, 6.45) is -0.111. The molecule has 0 saturated heterocycles. The molecule has 0 amide bonds. The number of carbonyl (C=O) groups excluding carboxylic acids is 1. The standard InChI is InChI=1S/C13H12O6/c1-2-18-10(15)5-7-6-11(16)19-13-8(7)3-4-9(14)12(13)17/h3-4,6,14,17H,2,5H2,1H3. The van der Waals surface area contributed by atoms with Gasteiger partial charge in [-0.05, 0) is 24.6 Å². The number of phenolic OH excluding ortho intramolecular Hbond substituents is 2. The Kier molecular flexibility index (Phi) is 3.41. The molecule has 100 valence electrons. The van der Waals surface area contributed by atoms with Crippen LogP contribution in [0.15, 0.2) is 27.4 Å². The lowest BCUT2D eigenvalue weighted by molar-refractivity contribution is -0.142. The number of carbonyl (C=O) groups is 1. The predicted molar refractivity (Wildman–Crippen MR) is 66.2 cm³/mol. The van der Waals surface area contributed by atoms with Gasteiger partial charge in [0.15, 0.2) is 11.3 Å². The predicted octanol–water partition coefficient (Wildman–Crippen LogP) is 1.31. The number of fused-ring (bicyclic) bond motifs is 1. The molecule has 0 aliphatic rings. The Morgan fingerprint density at radius 3 is 2.79 bits per heavy atom. The molecule has 1 aromatic heterocycles. The molecule has 2 N–H and O–H groups in total. The van der Waals surface area contributed by atoms with Crippen molar-refractivity contribution in [3.63, 3.8) is 0 Å². The van der Waals surface area contributed by atoms with Gasteiger partial charge in [-0.3, -0.25) is 4.79 Å². The molecule has 6 nitrogen and oxygen atoms in total. The Hall–Kier alpha value is -2.50. The van der Waals surface area contributed by atoms with Crippen LogP contribution in [0.5, 0.6) is 11.5 Å². The van der Waals surface area contributed by atoms with Crippen molar-refractivity contribution in [2.24, 2.45) is 0 Å². The highest BCUT2D eigenvalue weighted by Gasteiger charge is 2.15. The Morgan fingerprint density at radius 2 is 2.11 bits per heavy atom. The minimum atomic E-state index is -0.715. The first kappa shape index (κ1) is 12.9. The second-order valence-electron chi connectivity index (χ2n) is 3.88. The molecule has 2 rings (SSSR count). The second-order valence-corrected chi connectivity index (χ2v) is 3.88. The van der Waals surface area contributed by atoms with Crippen molar-refractivity contribution in [1.29, 1.82) is 0 Å². The zero-order valence-corrected chi connectivity index (χ0v) is 10.2. The van der Waals surface area contributed by atoms with Gasteiger partial charge >= 0.3 is 11.6 Å². The van der Waals surface area contributed by atoms with Crippen molar-refractivity contribution < 1.29 is 24.2 Å². The SMILES string of the molecule is CCOC(=O)Cc1cc(=O)oc2c(O)c(O)ccc12. The fraction of sp³-hybridized carbons (Fsp3) is 0.231. The van der Waals surface area contributed by atoms with Crippen LogP contribution in [0.3, 0.4) is 0 Å². The lowest BCUT2D eigenvalue weighted by Gasteiger charge is -2.07. The van der Waals surface area contributed by atoms with Gasteiger partial charge in [0.2, 0.25) is 5.75 Å². The number of hydrogen-bond acceptors (Lipinski definition) is 6. The Morgan fingerprint density at radius 1 is 1.37 bits per heavy atom.